The van der Waals surface area contributed by atoms with Gasteiger partial charge in [-0.1, -0.05) is 29.8 Å². The molecule has 1 aliphatic heterocycles. The number of cyclic esters (lactones) is 1. The second kappa shape index (κ2) is 9.58. The number of carbonyl (C=O) groups is 1. The van der Waals surface area contributed by atoms with E-state index in [9.17, 15) is 19.4 Å². The zero-order chi connectivity index (χ0) is 22.6. The van der Waals surface area contributed by atoms with Crippen LogP contribution in [0.15, 0.2) is 42.0 Å². The third-order valence-electron chi connectivity index (χ3n) is 5.31. The first-order valence-electron chi connectivity index (χ1n) is 10.0. The summed E-state index contributed by atoms with van der Waals surface area (Å²) in [6.07, 6.45) is 3.38. The Bertz CT molecular complexity index is 1040. The standard InChI is InChI=1S/C23H27O7P/c1-15(8-7-13-31(26,27)30-17-9-5-4-6-10-17)11-12-18-21(24)20-19(14-29-23(20)25)16(2)22(18)28-3/h4-6,9-11,24H,7-8,12-14H2,1-3H3,(H,26,27)/b15-11+. The molecule has 0 spiro atoms. The van der Waals surface area contributed by atoms with E-state index in [1.165, 1.54) is 7.11 Å². The Hall–Kier alpha value is -2.76. The number of rotatable bonds is 9. The van der Waals surface area contributed by atoms with Crippen LogP contribution in [0.3, 0.4) is 0 Å². The van der Waals surface area contributed by atoms with Crippen LogP contribution in [-0.2, 0) is 22.3 Å². The second-order valence-electron chi connectivity index (χ2n) is 7.54. The lowest BCUT2D eigenvalue weighted by atomic mass is 9.94. The van der Waals surface area contributed by atoms with Crippen molar-refractivity contribution in [3.63, 3.8) is 0 Å². The van der Waals surface area contributed by atoms with Crippen molar-refractivity contribution < 1.29 is 33.4 Å². The van der Waals surface area contributed by atoms with E-state index in [2.05, 4.69) is 0 Å². The fourth-order valence-electron chi connectivity index (χ4n) is 3.66. The molecule has 0 aliphatic carbocycles. The number of ether oxygens (including phenoxy) is 2. The summed E-state index contributed by atoms with van der Waals surface area (Å²) in [7, 11) is -2.20. The minimum atomic E-state index is -3.73. The first-order chi connectivity index (χ1) is 14.7. The Morgan fingerprint density at radius 1 is 1.29 bits per heavy atom. The molecule has 31 heavy (non-hydrogen) atoms. The number of phenolic OH excluding ortho intramolecular Hbond substituents is 1. The molecule has 2 aromatic rings. The molecular formula is C23H27O7P. The second-order valence-corrected chi connectivity index (χ2v) is 9.44. The van der Waals surface area contributed by atoms with Crippen molar-refractivity contribution in [3.8, 4) is 17.2 Å². The zero-order valence-electron chi connectivity index (χ0n) is 17.9. The number of fused-ring (bicyclic) bond motifs is 1. The number of aromatic hydroxyl groups is 1. The molecule has 1 aliphatic rings. The predicted octanol–water partition coefficient (Wildman–Crippen LogP) is 4.91. The summed E-state index contributed by atoms with van der Waals surface area (Å²) < 4.78 is 28.0. The molecule has 8 heteroatoms. The maximum absolute atomic E-state index is 12.3. The summed E-state index contributed by atoms with van der Waals surface area (Å²) in [5.41, 5.74) is 3.15. The monoisotopic (exact) mass is 446 g/mol. The molecule has 1 unspecified atom stereocenters. The summed E-state index contributed by atoms with van der Waals surface area (Å²) in [5, 5.41) is 10.7. The quantitative estimate of drug-likeness (QED) is 0.320. The first kappa shape index (κ1) is 22.9. The van der Waals surface area contributed by atoms with Crippen molar-refractivity contribution in [1.82, 2.24) is 0 Å². The number of hydrogen-bond donors (Lipinski definition) is 2. The molecule has 7 nitrogen and oxygen atoms in total. The Morgan fingerprint density at radius 2 is 2.00 bits per heavy atom. The molecule has 0 fully saturated rings. The maximum Gasteiger partial charge on any atom is 0.376 e. The lowest BCUT2D eigenvalue weighted by Gasteiger charge is -2.16. The first-order valence-corrected chi connectivity index (χ1v) is 11.8. The van der Waals surface area contributed by atoms with E-state index < -0.39 is 13.6 Å². The van der Waals surface area contributed by atoms with Crippen LogP contribution in [0.5, 0.6) is 17.2 Å². The third-order valence-corrected chi connectivity index (χ3v) is 6.68. The van der Waals surface area contributed by atoms with E-state index in [0.29, 0.717) is 41.9 Å². The van der Waals surface area contributed by atoms with Crippen LogP contribution >= 0.6 is 7.60 Å². The van der Waals surface area contributed by atoms with E-state index in [4.69, 9.17) is 14.0 Å². The highest BCUT2D eigenvalue weighted by Crippen LogP contribution is 2.44. The SMILES string of the molecule is COc1c(C)c2c(c(O)c1C/C=C(\C)CCCP(=O)(O)Oc1ccccc1)C(=O)OC2. The van der Waals surface area contributed by atoms with Crippen molar-refractivity contribution in [2.24, 2.45) is 0 Å². The van der Waals surface area contributed by atoms with Gasteiger partial charge in [-0.25, -0.2) is 9.36 Å². The van der Waals surface area contributed by atoms with E-state index in [-0.39, 0.29) is 24.1 Å². The fourth-order valence-corrected chi connectivity index (χ4v) is 4.76. The van der Waals surface area contributed by atoms with Crippen LogP contribution in [0.4, 0.5) is 0 Å². The highest BCUT2D eigenvalue weighted by molar-refractivity contribution is 7.53. The molecule has 0 aromatic heterocycles. The molecule has 2 aromatic carbocycles. The normalized spacial score (nSPS) is 15.2. The molecule has 1 atom stereocenters. The maximum atomic E-state index is 12.3. The van der Waals surface area contributed by atoms with Gasteiger partial charge in [0.15, 0.2) is 0 Å². The fraction of sp³-hybridized carbons (Fsp3) is 0.348. The lowest BCUT2D eigenvalue weighted by Crippen LogP contribution is -2.03. The average molecular weight is 446 g/mol. The third kappa shape index (κ3) is 5.30. The van der Waals surface area contributed by atoms with Crippen molar-refractivity contribution >= 4 is 13.6 Å². The minimum absolute atomic E-state index is 0.0332. The highest BCUT2D eigenvalue weighted by atomic mass is 31.2. The number of esters is 1. The molecule has 1 heterocycles. The van der Waals surface area contributed by atoms with E-state index >= 15 is 0 Å². The molecule has 0 saturated heterocycles. The van der Waals surface area contributed by atoms with Crippen molar-refractivity contribution in [2.45, 2.75) is 39.7 Å². The highest BCUT2D eigenvalue weighted by Gasteiger charge is 2.31. The van der Waals surface area contributed by atoms with Crippen molar-refractivity contribution in [3.05, 3.63) is 64.2 Å². The zero-order valence-corrected chi connectivity index (χ0v) is 18.8. The molecule has 0 radical (unpaired) electrons. The average Bonchev–Trinajstić information content (AvgIpc) is 3.12. The predicted molar refractivity (Wildman–Crippen MR) is 117 cm³/mol. The lowest BCUT2D eigenvalue weighted by molar-refractivity contribution is 0.0533. The van der Waals surface area contributed by atoms with Gasteiger partial charge >= 0.3 is 13.6 Å². The van der Waals surface area contributed by atoms with Gasteiger partial charge in [0.25, 0.3) is 0 Å². The summed E-state index contributed by atoms with van der Waals surface area (Å²) in [6, 6.07) is 8.57. The number of carbonyl (C=O) groups excluding carboxylic acids is 1. The summed E-state index contributed by atoms with van der Waals surface area (Å²) >= 11 is 0. The molecule has 0 bridgehead atoms. The van der Waals surface area contributed by atoms with Crippen LogP contribution in [0.2, 0.25) is 0 Å². The van der Waals surface area contributed by atoms with Gasteiger partial charge in [0, 0.05) is 11.1 Å². The van der Waals surface area contributed by atoms with Crippen LogP contribution in [0, 0.1) is 6.92 Å². The van der Waals surface area contributed by atoms with Crippen LogP contribution in [0.1, 0.15) is 46.8 Å². The molecule has 166 valence electrons. The Kier molecular flexibility index (Phi) is 7.08. The van der Waals surface area contributed by atoms with Gasteiger partial charge in [-0.2, -0.15) is 0 Å². The number of para-hydroxylation sites is 1. The van der Waals surface area contributed by atoms with Crippen molar-refractivity contribution in [2.75, 3.05) is 13.3 Å². The van der Waals surface area contributed by atoms with E-state index in [1.807, 2.05) is 26.0 Å². The molecule has 0 amide bonds. The van der Waals surface area contributed by atoms with Crippen LogP contribution in [0.25, 0.3) is 0 Å². The molecule has 2 N–H and O–H groups in total. The number of benzene rings is 2. The largest absolute Gasteiger partial charge is 0.507 e. The minimum Gasteiger partial charge on any atom is -0.507 e. The van der Waals surface area contributed by atoms with E-state index in [1.54, 1.807) is 24.3 Å². The number of methoxy groups -OCH3 is 1. The molecular weight excluding hydrogens is 419 g/mol. The van der Waals surface area contributed by atoms with Gasteiger partial charge in [-0.3, -0.25) is 0 Å². The molecule has 3 rings (SSSR count). The van der Waals surface area contributed by atoms with Gasteiger partial charge in [-0.15, -0.1) is 0 Å². The Morgan fingerprint density at radius 3 is 2.68 bits per heavy atom. The Balaban J connectivity index is 1.65. The van der Waals surface area contributed by atoms with Gasteiger partial charge in [-0.05, 0) is 50.8 Å². The van der Waals surface area contributed by atoms with Crippen LogP contribution < -0.4 is 9.26 Å². The van der Waals surface area contributed by atoms with Crippen LogP contribution in [-0.4, -0.2) is 29.2 Å². The smallest absolute Gasteiger partial charge is 0.376 e. The van der Waals surface area contributed by atoms with Gasteiger partial charge in [0.05, 0.1) is 13.3 Å². The van der Waals surface area contributed by atoms with Gasteiger partial charge in [0.2, 0.25) is 0 Å². The summed E-state index contributed by atoms with van der Waals surface area (Å²) in [4.78, 5) is 22.1. The van der Waals surface area contributed by atoms with Crippen molar-refractivity contribution in [1.29, 1.82) is 0 Å². The Labute approximate surface area is 181 Å². The van der Waals surface area contributed by atoms with Gasteiger partial charge < -0.3 is 24.0 Å². The van der Waals surface area contributed by atoms with Gasteiger partial charge in [0.1, 0.15) is 29.4 Å². The topological polar surface area (TPSA) is 102 Å². The number of allylic oxidation sites excluding steroid dienone is 2. The number of hydrogen-bond acceptors (Lipinski definition) is 6. The number of phenols is 1. The van der Waals surface area contributed by atoms with E-state index in [0.717, 1.165) is 11.1 Å². The summed E-state index contributed by atoms with van der Waals surface area (Å²) in [6.45, 7) is 3.88. The molecule has 0 saturated carbocycles. The summed E-state index contributed by atoms with van der Waals surface area (Å²) in [5.74, 6) is 0.265.